The van der Waals surface area contributed by atoms with Crippen LogP contribution in [-0.2, 0) is 0 Å². The van der Waals surface area contributed by atoms with E-state index in [1.165, 1.54) is 11.1 Å². The fourth-order valence-electron chi connectivity index (χ4n) is 2.80. The van der Waals surface area contributed by atoms with Crippen molar-refractivity contribution in [3.63, 3.8) is 0 Å². The first kappa shape index (κ1) is 14.0. The summed E-state index contributed by atoms with van der Waals surface area (Å²) in [5, 5.41) is 2.36. The zero-order valence-electron chi connectivity index (χ0n) is 13.1. The minimum absolute atomic E-state index is 0.839. The molecule has 21 heavy (non-hydrogen) atoms. The van der Waals surface area contributed by atoms with E-state index in [1.54, 1.807) is 0 Å². The Labute approximate surface area is 126 Å². The van der Waals surface area contributed by atoms with Crippen LogP contribution in [0.5, 0.6) is 0 Å². The SMILES string of the molecule is Cc1cccc(-c2nc(C)c(C)c(N3CC[NH2+]CC3)n2)c1. The highest BCUT2D eigenvalue weighted by molar-refractivity contribution is 5.61. The second-order valence-electron chi connectivity index (χ2n) is 5.80. The van der Waals surface area contributed by atoms with E-state index in [0.29, 0.717) is 0 Å². The van der Waals surface area contributed by atoms with Gasteiger partial charge < -0.3 is 10.2 Å². The fourth-order valence-corrected chi connectivity index (χ4v) is 2.80. The van der Waals surface area contributed by atoms with Crippen molar-refractivity contribution in [2.45, 2.75) is 20.8 Å². The van der Waals surface area contributed by atoms with Gasteiger partial charge in [-0.1, -0.05) is 23.8 Å². The molecule has 1 aromatic heterocycles. The molecule has 1 aliphatic rings. The molecule has 0 amide bonds. The Kier molecular flexibility index (Phi) is 3.88. The summed E-state index contributed by atoms with van der Waals surface area (Å²) >= 11 is 0. The van der Waals surface area contributed by atoms with E-state index in [1.807, 2.05) is 0 Å². The summed E-state index contributed by atoms with van der Waals surface area (Å²) in [5.74, 6) is 1.94. The van der Waals surface area contributed by atoms with Gasteiger partial charge in [0.05, 0.1) is 26.2 Å². The van der Waals surface area contributed by atoms with E-state index in [4.69, 9.17) is 9.97 Å². The molecule has 0 aliphatic carbocycles. The molecule has 1 aromatic carbocycles. The van der Waals surface area contributed by atoms with Crippen molar-refractivity contribution >= 4 is 5.82 Å². The highest BCUT2D eigenvalue weighted by Crippen LogP contribution is 2.24. The van der Waals surface area contributed by atoms with Crippen molar-refractivity contribution in [1.82, 2.24) is 9.97 Å². The number of hydrogen-bond acceptors (Lipinski definition) is 3. The highest BCUT2D eigenvalue weighted by Gasteiger charge is 2.19. The van der Waals surface area contributed by atoms with Crippen LogP contribution in [0.25, 0.3) is 11.4 Å². The van der Waals surface area contributed by atoms with Crippen molar-refractivity contribution in [3.05, 3.63) is 41.1 Å². The molecule has 0 saturated carbocycles. The summed E-state index contributed by atoms with van der Waals surface area (Å²) < 4.78 is 0. The lowest BCUT2D eigenvalue weighted by Crippen LogP contribution is -2.89. The molecule has 2 aromatic rings. The summed E-state index contributed by atoms with van der Waals surface area (Å²) in [6, 6.07) is 8.41. The molecule has 110 valence electrons. The van der Waals surface area contributed by atoms with Crippen molar-refractivity contribution in [2.75, 3.05) is 31.1 Å². The smallest absolute Gasteiger partial charge is 0.161 e. The van der Waals surface area contributed by atoms with Crippen LogP contribution in [0.2, 0.25) is 0 Å². The predicted octanol–water partition coefficient (Wildman–Crippen LogP) is 1.45. The van der Waals surface area contributed by atoms with Gasteiger partial charge in [0.15, 0.2) is 5.82 Å². The van der Waals surface area contributed by atoms with E-state index in [0.717, 1.165) is 49.1 Å². The summed E-state index contributed by atoms with van der Waals surface area (Å²) in [4.78, 5) is 12.0. The zero-order valence-corrected chi connectivity index (χ0v) is 13.1. The Morgan fingerprint density at radius 3 is 2.52 bits per heavy atom. The Morgan fingerprint density at radius 1 is 1.05 bits per heavy atom. The number of benzene rings is 1. The first-order chi connectivity index (χ1) is 10.1. The molecule has 1 aliphatic heterocycles. The average molecular weight is 283 g/mol. The molecule has 2 N–H and O–H groups in total. The van der Waals surface area contributed by atoms with E-state index in [2.05, 4.69) is 55.3 Å². The second-order valence-corrected chi connectivity index (χ2v) is 5.80. The molecule has 0 bridgehead atoms. The Morgan fingerprint density at radius 2 is 1.81 bits per heavy atom. The molecule has 4 nitrogen and oxygen atoms in total. The third-order valence-electron chi connectivity index (χ3n) is 4.15. The summed E-state index contributed by atoms with van der Waals surface area (Å²) in [7, 11) is 0. The quantitative estimate of drug-likeness (QED) is 0.907. The van der Waals surface area contributed by atoms with Gasteiger partial charge in [0.2, 0.25) is 0 Å². The molecule has 0 atom stereocenters. The molecule has 1 fully saturated rings. The van der Waals surface area contributed by atoms with Gasteiger partial charge in [-0.2, -0.15) is 0 Å². The van der Waals surface area contributed by atoms with Crippen LogP contribution in [0.1, 0.15) is 16.8 Å². The number of hydrogen-bond donors (Lipinski definition) is 1. The van der Waals surface area contributed by atoms with Gasteiger partial charge in [-0.25, -0.2) is 9.97 Å². The van der Waals surface area contributed by atoms with Gasteiger partial charge in [-0.3, -0.25) is 0 Å². The minimum Gasteiger partial charge on any atom is -0.345 e. The first-order valence-corrected chi connectivity index (χ1v) is 7.64. The average Bonchev–Trinajstić information content (AvgIpc) is 2.51. The molecule has 3 rings (SSSR count). The largest absolute Gasteiger partial charge is 0.345 e. The number of piperazine rings is 1. The Balaban J connectivity index is 2.04. The van der Waals surface area contributed by atoms with E-state index in [-0.39, 0.29) is 0 Å². The van der Waals surface area contributed by atoms with Crippen LogP contribution in [0.3, 0.4) is 0 Å². The molecule has 0 spiro atoms. The third kappa shape index (κ3) is 2.90. The Bertz CT molecular complexity index is 645. The molecule has 0 unspecified atom stereocenters. The van der Waals surface area contributed by atoms with Gasteiger partial charge in [-0.05, 0) is 26.8 Å². The van der Waals surface area contributed by atoms with Crippen molar-refractivity contribution in [1.29, 1.82) is 0 Å². The van der Waals surface area contributed by atoms with Crippen LogP contribution < -0.4 is 10.2 Å². The first-order valence-electron chi connectivity index (χ1n) is 7.64. The molecule has 0 radical (unpaired) electrons. The summed E-state index contributed by atoms with van der Waals surface area (Å²) in [5.41, 5.74) is 4.62. The number of rotatable bonds is 2. The van der Waals surface area contributed by atoms with Crippen molar-refractivity contribution < 1.29 is 5.32 Å². The lowest BCUT2D eigenvalue weighted by atomic mass is 10.1. The van der Waals surface area contributed by atoms with Crippen LogP contribution in [0.4, 0.5) is 5.82 Å². The monoisotopic (exact) mass is 283 g/mol. The summed E-state index contributed by atoms with van der Waals surface area (Å²) in [6.45, 7) is 10.7. The molecule has 1 saturated heterocycles. The van der Waals surface area contributed by atoms with Crippen molar-refractivity contribution in [3.8, 4) is 11.4 Å². The van der Waals surface area contributed by atoms with E-state index < -0.39 is 0 Å². The van der Waals surface area contributed by atoms with Crippen LogP contribution in [0.15, 0.2) is 24.3 Å². The number of nitrogens with zero attached hydrogens (tertiary/aromatic N) is 3. The van der Waals surface area contributed by atoms with Crippen molar-refractivity contribution in [2.24, 2.45) is 0 Å². The molecular weight excluding hydrogens is 260 g/mol. The van der Waals surface area contributed by atoms with E-state index in [9.17, 15) is 0 Å². The molecular formula is C17H23N4+. The third-order valence-corrected chi connectivity index (χ3v) is 4.15. The Hall–Kier alpha value is -1.94. The van der Waals surface area contributed by atoms with Gasteiger partial charge in [-0.15, -0.1) is 0 Å². The predicted molar refractivity (Wildman–Crippen MR) is 85.6 cm³/mol. The number of anilines is 1. The lowest BCUT2D eigenvalue weighted by molar-refractivity contribution is -0.655. The van der Waals surface area contributed by atoms with Gasteiger partial charge in [0.1, 0.15) is 5.82 Å². The second kappa shape index (κ2) is 5.82. The maximum Gasteiger partial charge on any atom is 0.161 e. The van der Waals surface area contributed by atoms with Gasteiger partial charge >= 0.3 is 0 Å². The standard InChI is InChI=1S/C17H22N4/c1-12-5-4-6-15(11-12)16-19-14(3)13(2)17(20-16)21-9-7-18-8-10-21/h4-6,11,18H,7-10H2,1-3H3/p+1. The fraction of sp³-hybridized carbons (Fsp3) is 0.412. The minimum atomic E-state index is 0.839. The summed E-state index contributed by atoms with van der Waals surface area (Å²) in [6.07, 6.45) is 0. The normalized spacial score (nSPS) is 15.3. The maximum absolute atomic E-state index is 4.87. The van der Waals surface area contributed by atoms with Crippen LogP contribution in [0, 0.1) is 20.8 Å². The number of aromatic nitrogens is 2. The zero-order chi connectivity index (χ0) is 14.8. The number of nitrogens with two attached hydrogens (primary N) is 1. The molecule has 2 heterocycles. The van der Waals surface area contributed by atoms with E-state index >= 15 is 0 Å². The van der Waals surface area contributed by atoms with Gasteiger partial charge in [0.25, 0.3) is 0 Å². The number of quaternary nitrogens is 1. The lowest BCUT2D eigenvalue weighted by Gasteiger charge is -2.28. The van der Waals surface area contributed by atoms with Crippen LogP contribution in [-0.4, -0.2) is 36.1 Å². The van der Waals surface area contributed by atoms with Crippen LogP contribution >= 0.6 is 0 Å². The van der Waals surface area contributed by atoms with Gasteiger partial charge in [0, 0.05) is 16.8 Å². The highest BCUT2D eigenvalue weighted by atomic mass is 15.2. The maximum atomic E-state index is 4.87. The number of aryl methyl sites for hydroxylation is 2. The topological polar surface area (TPSA) is 45.6 Å². The molecule has 4 heteroatoms.